The molecule has 1 aliphatic rings. The van der Waals surface area contributed by atoms with E-state index in [1.54, 1.807) is 60.3 Å². The van der Waals surface area contributed by atoms with Gasteiger partial charge >= 0.3 is 0 Å². The lowest BCUT2D eigenvalue weighted by Gasteiger charge is -2.31. The number of amides is 1. The Balaban J connectivity index is 1.77. The number of benzene rings is 3. The number of nitrogens with one attached hydrogen (secondary N) is 1. The average Bonchev–Trinajstić information content (AvgIpc) is 2.76. The molecule has 7 heteroatoms. The van der Waals surface area contributed by atoms with Crippen molar-refractivity contribution >= 4 is 39.1 Å². The zero-order chi connectivity index (χ0) is 21.3. The fourth-order valence-corrected chi connectivity index (χ4v) is 5.61. The number of hydrogen-bond donors (Lipinski definition) is 1. The van der Waals surface area contributed by atoms with E-state index < -0.39 is 10.0 Å². The van der Waals surface area contributed by atoms with Crippen LogP contribution >= 0.6 is 11.8 Å². The van der Waals surface area contributed by atoms with Crippen molar-refractivity contribution in [3.63, 3.8) is 0 Å². The Labute approximate surface area is 180 Å². The minimum atomic E-state index is -3.69. The van der Waals surface area contributed by atoms with Crippen LogP contribution in [0, 0.1) is 0 Å². The van der Waals surface area contributed by atoms with Gasteiger partial charge in [-0.15, -0.1) is 18.3 Å². The number of rotatable bonds is 5. The lowest BCUT2D eigenvalue weighted by atomic mass is 10.00. The van der Waals surface area contributed by atoms with E-state index in [1.807, 2.05) is 30.5 Å². The van der Waals surface area contributed by atoms with Crippen LogP contribution in [0.5, 0.6) is 0 Å². The Kier molecular flexibility index (Phi) is 5.40. The highest BCUT2D eigenvalue weighted by molar-refractivity contribution is 7.98. The Hall–Kier alpha value is -3.03. The van der Waals surface area contributed by atoms with Gasteiger partial charge in [-0.25, -0.2) is 8.42 Å². The van der Waals surface area contributed by atoms with Gasteiger partial charge in [-0.1, -0.05) is 30.3 Å². The van der Waals surface area contributed by atoms with Crippen molar-refractivity contribution in [2.24, 2.45) is 0 Å². The van der Waals surface area contributed by atoms with Crippen LogP contribution in [-0.4, -0.2) is 27.1 Å². The molecule has 152 valence electrons. The Morgan fingerprint density at radius 3 is 2.63 bits per heavy atom. The monoisotopic (exact) mass is 436 g/mol. The molecule has 0 bridgehead atoms. The number of carbonyl (C=O) groups excluding carboxylic acids is 1. The van der Waals surface area contributed by atoms with Crippen molar-refractivity contribution in [2.45, 2.75) is 9.79 Å². The summed E-state index contributed by atoms with van der Waals surface area (Å²) in [6.45, 7) is 3.83. The summed E-state index contributed by atoms with van der Waals surface area (Å²) in [4.78, 5) is 14.2. The molecule has 0 spiro atoms. The maximum absolute atomic E-state index is 13.1. The Bertz CT molecular complexity index is 1250. The van der Waals surface area contributed by atoms with Crippen LogP contribution in [0.25, 0.3) is 11.1 Å². The van der Waals surface area contributed by atoms with Gasteiger partial charge in [-0.05, 0) is 48.7 Å². The lowest BCUT2D eigenvalue weighted by molar-refractivity contribution is 0.102. The van der Waals surface area contributed by atoms with E-state index in [0.717, 1.165) is 4.90 Å². The molecule has 0 aromatic heterocycles. The summed E-state index contributed by atoms with van der Waals surface area (Å²) >= 11 is 1.60. The Morgan fingerprint density at radius 2 is 1.87 bits per heavy atom. The highest BCUT2D eigenvalue weighted by Gasteiger charge is 2.34. The van der Waals surface area contributed by atoms with Crippen LogP contribution in [-0.2, 0) is 10.0 Å². The third kappa shape index (κ3) is 3.51. The van der Waals surface area contributed by atoms with E-state index in [-0.39, 0.29) is 17.3 Å². The van der Waals surface area contributed by atoms with Gasteiger partial charge < -0.3 is 5.32 Å². The largest absolute Gasteiger partial charge is 0.322 e. The third-order valence-electron chi connectivity index (χ3n) is 4.90. The van der Waals surface area contributed by atoms with Crippen LogP contribution in [0.1, 0.15) is 10.4 Å². The SMILES string of the molecule is C=CCN1c2ccc(C(=O)Nc3cccc(SC)c3)cc2-c2ccccc2S1(=O)=O. The second-order valence-electron chi connectivity index (χ2n) is 6.74. The van der Waals surface area contributed by atoms with E-state index in [4.69, 9.17) is 0 Å². The summed E-state index contributed by atoms with van der Waals surface area (Å²) in [6.07, 6.45) is 3.53. The second-order valence-corrected chi connectivity index (χ2v) is 9.45. The first-order chi connectivity index (χ1) is 14.5. The van der Waals surface area contributed by atoms with Crippen LogP contribution in [0.15, 0.2) is 89.2 Å². The highest BCUT2D eigenvalue weighted by Crippen LogP contribution is 2.43. The number of hydrogen-bond acceptors (Lipinski definition) is 4. The molecular formula is C23H20N2O3S2. The number of anilines is 2. The van der Waals surface area contributed by atoms with Crippen molar-refractivity contribution < 1.29 is 13.2 Å². The van der Waals surface area contributed by atoms with Crippen LogP contribution in [0.2, 0.25) is 0 Å². The summed E-state index contributed by atoms with van der Waals surface area (Å²) in [7, 11) is -3.69. The van der Waals surface area contributed by atoms with Gasteiger partial charge in [0.05, 0.1) is 17.1 Å². The maximum Gasteiger partial charge on any atom is 0.265 e. The smallest absolute Gasteiger partial charge is 0.265 e. The number of fused-ring (bicyclic) bond motifs is 3. The summed E-state index contributed by atoms with van der Waals surface area (Å²) in [5, 5.41) is 2.92. The minimum Gasteiger partial charge on any atom is -0.322 e. The number of carbonyl (C=O) groups is 1. The molecule has 0 radical (unpaired) electrons. The normalized spacial score (nSPS) is 13.8. The number of nitrogens with zero attached hydrogens (tertiary/aromatic N) is 1. The van der Waals surface area contributed by atoms with Crippen molar-refractivity contribution in [2.75, 3.05) is 22.4 Å². The van der Waals surface area contributed by atoms with Gasteiger partial charge in [-0.2, -0.15) is 0 Å². The van der Waals surface area contributed by atoms with Gasteiger partial charge in [0.1, 0.15) is 0 Å². The maximum atomic E-state index is 13.1. The van der Waals surface area contributed by atoms with E-state index in [1.165, 1.54) is 4.31 Å². The van der Waals surface area contributed by atoms with Crippen molar-refractivity contribution in [3.05, 3.63) is 84.9 Å². The third-order valence-corrected chi connectivity index (χ3v) is 7.46. The summed E-state index contributed by atoms with van der Waals surface area (Å²) in [6, 6.07) is 19.5. The molecule has 4 rings (SSSR count). The Morgan fingerprint density at radius 1 is 1.07 bits per heavy atom. The molecule has 3 aromatic rings. The fourth-order valence-electron chi connectivity index (χ4n) is 3.49. The topological polar surface area (TPSA) is 66.5 Å². The van der Waals surface area contributed by atoms with Crippen LogP contribution in [0.4, 0.5) is 11.4 Å². The average molecular weight is 437 g/mol. The van der Waals surface area contributed by atoms with Crippen molar-refractivity contribution in [3.8, 4) is 11.1 Å². The predicted molar refractivity (Wildman–Crippen MR) is 123 cm³/mol. The molecule has 5 nitrogen and oxygen atoms in total. The standard InChI is InChI=1S/C23H20N2O3S2/c1-3-13-25-21-12-11-16(23(26)24-17-7-6-8-18(15-17)29-2)14-20(21)19-9-4-5-10-22(19)30(25,27)28/h3-12,14-15H,1,13H2,2H3,(H,24,26). The van der Waals surface area contributed by atoms with Crippen molar-refractivity contribution in [1.29, 1.82) is 0 Å². The molecule has 1 amide bonds. The highest BCUT2D eigenvalue weighted by atomic mass is 32.2. The molecule has 0 atom stereocenters. The van der Waals surface area contributed by atoms with Gasteiger partial charge in [0, 0.05) is 27.3 Å². The fraction of sp³-hybridized carbons (Fsp3) is 0.0870. The molecule has 0 aliphatic carbocycles. The first kappa shape index (κ1) is 20.3. The van der Waals surface area contributed by atoms with E-state index in [9.17, 15) is 13.2 Å². The first-order valence-corrected chi connectivity index (χ1v) is 11.9. The van der Waals surface area contributed by atoms with Crippen LogP contribution in [0.3, 0.4) is 0 Å². The molecule has 1 heterocycles. The van der Waals surface area contributed by atoms with Gasteiger partial charge in [0.25, 0.3) is 15.9 Å². The number of thioether (sulfide) groups is 1. The summed E-state index contributed by atoms with van der Waals surface area (Å²) < 4.78 is 27.5. The number of sulfonamides is 1. The zero-order valence-electron chi connectivity index (χ0n) is 16.3. The van der Waals surface area contributed by atoms with E-state index in [2.05, 4.69) is 11.9 Å². The molecule has 0 unspecified atom stereocenters. The molecular weight excluding hydrogens is 416 g/mol. The van der Waals surface area contributed by atoms with E-state index in [0.29, 0.717) is 28.1 Å². The molecule has 0 saturated carbocycles. The molecule has 3 aromatic carbocycles. The first-order valence-electron chi connectivity index (χ1n) is 9.28. The van der Waals surface area contributed by atoms with Crippen LogP contribution < -0.4 is 9.62 Å². The summed E-state index contributed by atoms with van der Waals surface area (Å²) in [5.74, 6) is -0.253. The summed E-state index contributed by atoms with van der Waals surface area (Å²) in [5.41, 5.74) is 2.99. The molecule has 1 N–H and O–H groups in total. The molecule has 30 heavy (non-hydrogen) atoms. The van der Waals surface area contributed by atoms with Gasteiger partial charge in [-0.3, -0.25) is 9.10 Å². The molecule has 0 saturated heterocycles. The minimum absolute atomic E-state index is 0.149. The quantitative estimate of drug-likeness (QED) is 0.450. The van der Waals surface area contributed by atoms with E-state index >= 15 is 0 Å². The second kappa shape index (κ2) is 8.01. The van der Waals surface area contributed by atoms with Crippen molar-refractivity contribution in [1.82, 2.24) is 0 Å². The molecule has 0 fully saturated rings. The van der Waals surface area contributed by atoms with Gasteiger partial charge in [0.15, 0.2) is 0 Å². The molecule has 1 aliphatic heterocycles. The van der Waals surface area contributed by atoms with Gasteiger partial charge in [0.2, 0.25) is 0 Å². The predicted octanol–water partition coefficient (Wildman–Crippen LogP) is 5.02. The lowest BCUT2D eigenvalue weighted by Crippen LogP contribution is -2.34. The zero-order valence-corrected chi connectivity index (χ0v) is 18.0.